The number of carboxylic acids is 1. The average Bonchev–Trinajstić information content (AvgIpc) is 2.66. The van der Waals surface area contributed by atoms with Crippen molar-refractivity contribution >= 4 is 5.97 Å². The molecule has 0 bridgehead atoms. The molecule has 3 heteroatoms. The van der Waals surface area contributed by atoms with Gasteiger partial charge in [0, 0.05) is 12.0 Å². The Morgan fingerprint density at radius 2 is 1.65 bits per heavy atom. The van der Waals surface area contributed by atoms with E-state index in [1.165, 1.54) is 0 Å². The Kier molecular flexibility index (Phi) is 5.69. The maximum absolute atomic E-state index is 11.0. The van der Waals surface area contributed by atoms with E-state index in [9.17, 15) is 4.79 Å². The van der Waals surface area contributed by atoms with Crippen molar-refractivity contribution in [1.82, 2.24) is 0 Å². The van der Waals surface area contributed by atoms with Crippen molar-refractivity contribution in [3.8, 4) is 16.9 Å². The van der Waals surface area contributed by atoms with Crippen LogP contribution in [0.3, 0.4) is 0 Å². The minimum atomic E-state index is -0.787. The van der Waals surface area contributed by atoms with E-state index < -0.39 is 5.97 Å². The number of aliphatic carboxylic acids is 1. The topological polar surface area (TPSA) is 46.5 Å². The van der Waals surface area contributed by atoms with Gasteiger partial charge in [-0.25, -0.2) is 0 Å². The molecule has 3 aromatic rings. The fraction of sp³-hybridized carbons (Fsp3) is 0.174. The monoisotopic (exact) mass is 346 g/mol. The van der Waals surface area contributed by atoms with E-state index >= 15 is 0 Å². The summed E-state index contributed by atoms with van der Waals surface area (Å²) in [7, 11) is 0. The van der Waals surface area contributed by atoms with Crippen LogP contribution in [0.4, 0.5) is 0 Å². The van der Waals surface area contributed by atoms with Crippen LogP contribution in [0.2, 0.25) is 0 Å². The second-order valence-corrected chi connectivity index (χ2v) is 6.32. The van der Waals surface area contributed by atoms with Gasteiger partial charge in [0.1, 0.15) is 12.4 Å². The normalized spacial score (nSPS) is 10.5. The van der Waals surface area contributed by atoms with E-state index in [2.05, 4.69) is 6.07 Å². The smallest absolute Gasteiger partial charge is 0.303 e. The minimum Gasteiger partial charge on any atom is -0.488 e. The third-order valence-corrected chi connectivity index (χ3v) is 4.29. The van der Waals surface area contributed by atoms with Crippen molar-refractivity contribution in [1.29, 1.82) is 0 Å². The highest BCUT2D eigenvalue weighted by atomic mass is 16.5. The second-order valence-electron chi connectivity index (χ2n) is 6.32. The summed E-state index contributed by atoms with van der Waals surface area (Å²) in [6.45, 7) is 2.54. The largest absolute Gasteiger partial charge is 0.488 e. The SMILES string of the molecule is Cc1ccc(OCc2ccccc2)c(-c2ccccc2CCC(=O)O)c1. The number of hydrogen-bond acceptors (Lipinski definition) is 2. The second kappa shape index (κ2) is 8.34. The van der Waals surface area contributed by atoms with Gasteiger partial charge in [0.2, 0.25) is 0 Å². The van der Waals surface area contributed by atoms with Gasteiger partial charge in [-0.1, -0.05) is 66.2 Å². The lowest BCUT2D eigenvalue weighted by Gasteiger charge is -2.15. The van der Waals surface area contributed by atoms with Crippen LogP contribution in [0.15, 0.2) is 72.8 Å². The summed E-state index contributed by atoms with van der Waals surface area (Å²) in [6, 6.07) is 24.1. The van der Waals surface area contributed by atoms with Gasteiger partial charge in [-0.15, -0.1) is 0 Å². The first-order valence-electron chi connectivity index (χ1n) is 8.71. The number of aryl methyl sites for hydroxylation is 2. The molecule has 0 aliphatic carbocycles. The first kappa shape index (κ1) is 17.7. The summed E-state index contributed by atoms with van der Waals surface area (Å²) in [5.74, 6) is 0.0202. The molecule has 3 rings (SSSR count). The molecule has 0 aromatic heterocycles. The Hall–Kier alpha value is -3.07. The van der Waals surface area contributed by atoms with Crippen LogP contribution in [-0.2, 0) is 17.8 Å². The summed E-state index contributed by atoms with van der Waals surface area (Å²) in [5, 5.41) is 9.02. The highest BCUT2D eigenvalue weighted by molar-refractivity contribution is 5.75. The fourth-order valence-corrected chi connectivity index (χ4v) is 2.96. The molecule has 26 heavy (non-hydrogen) atoms. The lowest BCUT2D eigenvalue weighted by Crippen LogP contribution is -2.01. The van der Waals surface area contributed by atoms with Gasteiger partial charge in [-0.05, 0) is 42.2 Å². The van der Waals surface area contributed by atoms with E-state index in [-0.39, 0.29) is 6.42 Å². The minimum absolute atomic E-state index is 0.114. The highest BCUT2D eigenvalue weighted by Gasteiger charge is 2.12. The first-order valence-corrected chi connectivity index (χ1v) is 8.71. The predicted octanol–water partition coefficient (Wildman–Crippen LogP) is 5.26. The molecule has 0 amide bonds. The van der Waals surface area contributed by atoms with Crippen molar-refractivity contribution in [2.24, 2.45) is 0 Å². The first-order chi connectivity index (χ1) is 12.6. The molecule has 0 saturated heterocycles. The zero-order valence-corrected chi connectivity index (χ0v) is 14.8. The van der Waals surface area contributed by atoms with Crippen molar-refractivity contribution in [3.63, 3.8) is 0 Å². The zero-order chi connectivity index (χ0) is 18.4. The maximum atomic E-state index is 11.0. The molecule has 0 unspecified atom stereocenters. The summed E-state index contributed by atoms with van der Waals surface area (Å²) in [4.78, 5) is 11.0. The Balaban J connectivity index is 1.92. The molecule has 0 saturated carbocycles. The van der Waals surface area contributed by atoms with Gasteiger partial charge in [-0.3, -0.25) is 4.79 Å². The number of carboxylic acid groups (broad SMARTS) is 1. The number of benzene rings is 3. The molecule has 0 aliphatic heterocycles. The lowest BCUT2D eigenvalue weighted by atomic mass is 9.95. The van der Waals surface area contributed by atoms with Crippen molar-refractivity contribution < 1.29 is 14.6 Å². The van der Waals surface area contributed by atoms with Crippen LogP contribution in [0.5, 0.6) is 5.75 Å². The number of carbonyl (C=O) groups is 1. The van der Waals surface area contributed by atoms with Crippen LogP contribution in [0, 0.1) is 6.92 Å². The molecular formula is C23H22O3. The van der Waals surface area contributed by atoms with Gasteiger partial charge in [0.15, 0.2) is 0 Å². The number of hydrogen-bond donors (Lipinski definition) is 1. The van der Waals surface area contributed by atoms with Gasteiger partial charge >= 0.3 is 5.97 Å². The molecule has 0 radical (unpaired) electrons. The third-order valence-electron chi connectivity index (χ3n) is 4.29. The van der Waals surface area contributed by atoms with E-state index in [1.54, 1.807) is 0 Å². The number of rotatable bonds is 7. The van der Waals surface area contributed by atoms with Crippen LogP contribution in [0.1, 0.15) is 23.1 Å². The van der Waals surface area contributed by atoms with Crippen molar-refractivity contribution in [2.45, 2.75) is 26.4 Å². The molecule has 0 atom stereocenters. The molecule has 0 spiro atoms. The van der Waals surface area contributed by atoms with Gasteiger partial charge in [0.05, 0.1) is 0 Å². The molecule has 3 aromatic carbocycles. The summed E-state index contributed by atoms with van der Waals surface area (Å²) < 4.78 is 6.10. The van der Waals surface area contributed by atoms with E-state index in [0.29, 0.717) is 13.0 Å². The van der Waals surface area contributed by atoms with Crippen LogP contribution in [0.25, 0.3) is 11.1 Å². The third kappa shape index (κ3) is 4.51. The van der Waals surface area contributed by atoms with Crippen LogP contribution < -0.4 is 4.74 Å². The molecule has 0 heterocycles. The standard InChI is InChI=1S/C23H22O3/c1-17-11-13-22(26-16-18-7-3-2-4-8-18)21(15-17)20-10-6-5-9-19(20)12-14-23(24)25/h2-11,13,15H,12,14,16H2,1H3,(H,24,25). The quantitative estimate of drug-likeness (QED) is 0.635. The Morgan fingerprint density at radius 1 is 0.923 bits per heavy atom. The summed E-state index contributed by atoms with van der Waals surface area (Å²) in [6.07, 6.45) is 0.612. The summed E-state index contributed by atoms with van der Waals surface area (Å²) >= 11 is 0. The molecule has 3 nitrogen and oxygen atoms in total. The van der Waals surface area contributed by atoms with Gasteiger partial charge < -0.3 is 9.84 Å². The Labute approximate surface area is 153 Å². The summed E-state index contributed by atoms with van der Waals surface area (Å²) in [5.41, 5.74) is 5.30. The molecule has 0 fully saturated rings. The van der Waals surface area contributed by atoms with E-state index in [1.807, 2.05) is 73.7 Å². The Bertz CT molecular complexity index is 885. The predicted molar refractivity (Wildman–Crippen MR) is 103 cm³/mol. The van der Waals surface area contributed by atoms with E-state index in [4.69, 9.17) is 9.84 Å². The van der Waals surface area contributed by atoms with Crippen molar-refractivity contribution in [3.05, 3.63) is 89.5 Å². The molecule has 1 N–H and O–H groups in total. The Morgan fingerprint density at radius 3 is 2.42 bits per heavy atom. The van der Waals surface area contributed by atoms with Crippen LogP contribution >= 0.6 is 0 Å². The zero-order valence-electron chi connectivity index (χ0n) is 14.8. The fourth-order valence-electron chi connectivity index (χ4n) is 2.96. The average molecular weight is 346 g/mol. The molecule has 0 aliphatic rings. The van der Waals surface area contributed by atoms with Crippen LogP contribution in [-0.4, -0.2) is 11.1 Å². The lowest BCUT2D eigenvalue weighted by molar-refractivity contribution is -0.136. The van der Waals surface area contributed by atoms with E-state index in [0.717, 1.165) is 33.6 Å². The number of ether oxygens (including phenoxy) is 1. The van der Waals surface area contributed by atoms with Crippen molar-refractivity contribution in [2.75, 3.05) is 0 Å². The highest BCUT2D eigenvalue weighted by Crippen LogP contribution is 2.34. The van der Waals surface area contributed by atoms with Gasteiger partial charge in [0.25, 0.3) is 0 Å². The maximum Gasteiger partial charge on any atom is 0.303 e. The van der Waals surface area contributed by atoms with Gasteiger partial charge in [-0.2, -0.15) is 0 Å². The molecule has 132 valence electrons. The molecular weight excluding hydrogens is 324 g/mol.